The van der Waals surface area contributed by atoms with Crippen molar-refractivity contribution < 1.29 is 0 Å². The molecule has 2 rings (SSSR count). The van der Waals surface area contributed by atoms with Crippen LogP contribution in [0.4, 0.5) is 0 Å². The molecule has 0 saturated heterocycles. The molecule has 0 spiro atoms. The maximum absolute atomic E-state index is 5.89. The molecule has 1 atom stereocenters. The molecule has 1 unspecified atom stereocenters. The second kappa shape index (κ2) is 4.30. The Hall–Kier alpha value is -0.570. The third-order valence-corrected chi connectivity index (χ3v) is 2.93. The summed E-state index contributed by atoms with van der Waals surface area (Å²) in [5.41, 5.74) is 1.09. The Kier molecular flexibility index (Phi) is 3.06. The van der Waals surface area contributed by atoms with Crippen molar-refractivity contribution in [1.29, 1.82) is 0 Å². The van der Waals surface area contributed by atoms with E-state index >= 15 is 0 Å². The molecule has 1 aromatic rings. The Labute approximate surface area is 92.9 Å². The van der Waals surface area contributed by atoms with Gasteiger partial charge in [-0.2, -0.15) is 0 Å². The normalized spacial score (nSPS) is 21.1. The van der Waals surface area contributed by atoms with Crippen LogP contribution in [0.1, 0.15) is 18.0 Å². The van der Waals surface area contributed by atoms with Crippen LogP contribution < -0.4 is 5.32 Å². The summed E-state index contributed by atoms with van der Waals surface area (Å²) in [5, 5.41) is 4.23. The van der Waals surface area contributed by atoms with Gasteiger partial charge in [0, 0.05) is 18.8 Å². The van der Waals surface area contributed by atoms with Gasteiger partial charge in [-0.1, -0.05) is 35.4 Å². The van der Waals surface area contributed by atoms with Gasteiger partial charge in [0.15, 0.2) is 0 Å². The van der Waals surface area contributed by atoms with Crippen molar-refractivity contribution in [1.82, 2.24) is 10.3 Å². The van der Waals surface area contributed by atoms with Gasteiger partial charge in [0.25, 0.3) is 0 Å². The Morgan fingerprint density at radius 2 is 2.21 bits per heavy atom. The van der Waals surface area contributed by atoms with Crippen molar-refractivity contribution in [3.63, 3.8) is 0 Å². The minimum Gasteiger partial charge on any atom is -0.306 e. The van der Waals surface area contributed by atoms with Crippen molar-refractivity contribution in [2.24, 2.45) is 0 Å². The van der Waals surface area contributed by atoms with E-state index < -0.39 is 0 Å². The summed E-state index contributed by atoms with van der Waals surface area (Å²) in [7, 11) is 0. The molecule has 0 aliphatic carbocycles. The third-order valence-electron chi connectivity index (χ3n) is 2.24. The highest BCUT2D eigenvalue weighted by atomic mass is 35.5. The zero-order valence-electron chi connectivity index (χ0n) is 7.50. The summed E-state index contributed by atoms with van der Waals surface area (Å²) in [6, 6.07) is 2.18. The number of aromatic nitrogens is 1. The molecule has 1 N–H and O–H groups in total. The third kappa shape index (κ3) is 2.08. The van der Waals surface area contributed by atoms with Crippen molar-refractivity contribution in [2.45, 2.75) is 12.5 Å². The number of rotatable bonds is 1. The molecule has 0 amide bonds. The number of nitrogens with one attached hydrogen (secondary N) is 1. The van der Waals surface area contributed by atoms with E-state index in [4.69, 9.17) is 23.2 Å². The Balaban J connectivity index is 2.23. The molecular weight excluding hydrogens is 219 g/mol. The molecule has 1 aliphatic heterocycles. The molecule has 4 heteroatoms. The van der Waals surface area contributed by atoms with Gasteiger partial charge in [-0.15, -0.1) is 0 Å². The van der Waals surface area contributed by atoms with Crippen molar-refractivity contribution in [3.05, 3.63) is 40.2 Å². The lowest BCUT2D eigenvalue weighted by Gasteiger charge is -2.19. The maximum Gasteiger partial charge on any atom is 0.147 e. The summed E-state index contributed by atoms with van der Waals surface area (Å²) in [6.07, 6.45) is 7.01. The highest BCUT2D eigenvalue weighted by Gasteiger charge is 2.13. The summed E-state index contributed by atoms with van der Waals surface area (Å²) < 4.78 is 0. The lowest BCUT2D eigenvalue weighted by Crippen LogP contribution is -2.23. The van der Waals surface area contributed by atoms with Gasteiger partial charge < -0.3 is 5.32 Å². The van der Waals surface area contributed by atoms with Crippen LogP contribution in [-0.2, 0) is 0 Å². The molecular formula is C10H10Cl2N2. The van der Waals surface area contributed by atoms with E-state index in [1.165, 1.54) is 0 Å². The van der Waals surface area contributed by atoms with E-state index in [-0.39, 0.29) is 0 Å². The summed E-state index contributed by atoms with van der Waals surface area (Å²) in [6.45, 7) is 0.894. The molecule has 0 saturated carbocycles. The Morgan fingerprint density at radius 3 is 2.86 bits per heavy atom. The summed E-state index contributed by atoms with van der Waals surface area (Å²) >= 11 is 11.6. The topological polar surface area (TPSA) is 24.9 Å². The van der Waals surface area contributed by atoms with Gasteiger partial charge in [0.1, 0.15) is 5.15 Å². The predicted octanol–water partition coefficient (Wildman–Crippen LogP) is 2.98. The number of hydrogen-bond acceptors (Lipinski definition) is 2. The van der Waals surface area contributed by atoms with Gasteiger partial charge in [-0.3, -0.25) is 0 Å². The van der Waals surface area contributed by atoms with Gasteiger partial charge >= 0.3 is 0 Å². The standard InChI is InChI=1S/C10H10Cl2N2/c11-8-5-7(6-14-10(8)12)9-3-1-2-4-13-9/h1-2,5-6,9,13H,3-4H2. The lowest BCUT2D eigenvalue weighted by atomic mass is 10.0. The molecule has 1 aromatic heterocycles. The first-order chi connectivity index (χ1) is 6.77. The van der Waals surface area contributed by atoms with Crippen LogP contribution in [0, 0.1) is 0 Å². The van der Waals surface area contributed by atoms with Crippen LogP contribution in [-0.4, -0.2) is 11.5 Å². The average molecular weight is 229 g/mol. The van der Waals surface area contributed by atoms with Gasteiger partial charge in [-0.05, 0) is 18.1 Å². The number of halogens is 2. The minimum absolute atomic E-state index is 0.308. The fraction of sp³-hybridized carbons (Fsp3) is 0.300. The molecule has 74 valence electrons. The second-order valence-corrected chi connectivity index (χ2v) is 3.97. The number of hydrogen-bond donors (Lipinski definition) is 1. The largest absolute Gasteiger partial charge is 0.306 e. The number of pyridine rings is 1. The first-order valence-electron chi connectivity index (χ1n) is 4.46. The van der Waals surface area contributed by atoms with Gasteiger partial charge in [0.2, 0.25) is 0 Å². The molecule has 2 nitrogen and oxygen atoms in total. The fourth-order valence-electron chi connectivity index (χ4n) is 1.49. The minimum atomic E-state index is 0.308. The summed E-state index contributed by atoms with van der Waals surface area (Å²) in [5.74, 6) is 0. The molecule has 0 fully saturated rings. The molecule has 1 aliphatic rings. The van der Waals surface area contributed by atoms with Crippen molar-refractivity contribution in [3.8, 4) is 0 Å². The zero-order valence-corrected chi connectivity index (χ0v) is 9.02. The summed E-state index contributed by atoms with van der Waals surface area (Å²) in [4.78, 5) is 4.02. The SMILES string of the molecule is Clc1cc(C2CC=CCN2)cnc1Cl. The van der Waals surface area contributed by atoms with Crippen molar-refractivity contribution in [2.75, 3.05) is 6.54 Å². The predicted molar refractivity (Wildman–Crippen MR) is 58.8 cm³/mol. The highest BCUT2D eigenvalue weighted by molar-refractivity contribution is 6.41. The Morgan fingerprint density at radius 1 is 1.36 bits per heavy atom. The van der Waals surface area contributed by atoms with E-state index in [2.05, 4.69) is 22.5 Å². The van der Waals surface area contributed by atoms with Crippen LogP contribution in [0.15, 0.2) is 24.4 Å². The average Bonchev–Trinajstić information content (AvgIpc) is 2.23. The maximum atomic E-state index is 5.89. The van der Waals surface area contributed by atoms with Crippen molar-refractivity contribution >= 4 is 23.2 Å². The first kappa shape index (κ1) is 9.97. The number of nitrogens with zero attached hydrogens (tertiary/aromatic N) is 1. The van der Waals surface area contributed by atoms with E-state index in [1.54, 1.807) is 6.20 Å². The van der Waals surface area contributed by atoms with Crippen LogP contribution in [0.25, 0.3) is 0 Å². The van der Waals surface area contributed by atoms with Crippen LogP contribution in [0.5, 0.6) is 0 Å². The monoisotopic (exact) mass is 228 g/mol. The molecule has 2 heterocycles. The highest BCUT2D eigenvalue weighted by Crippen LogP contribution is 2.25. The van der Waals surface area contributed by atoms with Gasteiger partial charge in [-0.25, -0.2) is 4.98 Å². The Bertz CT molecular complexity index is 363. The zero-order chi connectivity index (χ0) is 9.97. The molecule has 0 radical (unpaired) electrons. The quantitative estimate of drug-likeness (QED) is 0.591. The van der Waals surface area contributed by atoms with Crippen LogP contribution in [0.3, 0.4) is 0 Å². The van der Waals surface area contributed by atoms with Crippen LogP contribution in [0.2, 0.25) is 10.2 Å². The van der Waals surface area contributed by atoms with E-state index in [9.17, 15) is 0 Å². The van der Waals surface area contributed by atoms with Gasteiger partial charge in [0.05, 0.1) is 5.02 Å². The van der Waals surface area contributed by atoms with Crippen LogP contribution >= 0.6 is 23.2 Å². The smallest absolute Gasteiger partial charge is 0.147 e. The molecule has 0 bridgehead atoms. The second-order valence-electron chi connectivity index (χ2n) is 3.21. The molecule has 0 aromatic carbocycles. The van der Waals surface area contributed by atoms with E-state index in [0.29, 0.717) is 16.2 Å². The molecule has 14 heavy (non-hydrogen) atoms. The lowest BCUT2D eigenvalue weighted by molar-refractivity contribution is 0.553. The van der Waals surface area contributed by atoms with E-state index in [0.717, 1.165) is 18.5 Å². The fourth-order valence-corrected chi connectivity index (χ4v) is 1.77. The van der Waals surface area contributed by atoms with E-state index in [1.807, 2.05) is 6.07 Å². The first-order valence-corrected chi connectivity index (χ1v) is 5.22.